The van der Waals surface area contributed by atoms with Gasteiger partial charge in [0.25, 0.3) is 0 Å². The molecule has 0 atom stereocenters. The van der Waals surface area contributed by atoms with Gasteiger partial charge in [-0.05, 0) is 62.2 Å². The summed E-state index contributed by atoms with van der Waals surface area (Å²) in [7, 11) is 0. The quantitative estimate of drug-likeness (QED) is 0.219. The molecule has 6 aromatic rings. The van der Waals surface area contributed by atoms with E-state index in [4.69, 9.17) is 4.98 Å². The summed E-state index contributed by atoms with van der Waals surface area (Å²) >= 11 is 1.50. The molecule has 38 heavy (non-hydrogen) atoms. The van der Waals surface area contributed by atoms with E-state index in [1.165, 1.54) is 11.3 Å². The van der Waals surface area contributed by atoms with Gasteiger partial charge in [0.1, 0.15) is 11.2 Å². The number of fused-ring (bicyclic) bond motifs is 2. The molecule has 1 aromatic carbocycles. The van der Waals surface area contributed by atoms with Gasteiger partial charge in [-0.25, -0.2) is 4.98 Å². The zero-order valence-electron chi connectivity index (χ0n) is 20.4. The Hall–Kier alpha value is -4.63. The normalized spacial score (nSPS) is 13.3. The Morgan fingerprint density at radius 2 is 1.92 bits per heavy atom. The number of anilines is 1. The SMILES string of the molecule is CC(=O)c1ccc(-c2cccc3[nH]c(-c4n[nH]c5ccc(-c6cncc(NC(=O)C7CC7)c6)nc45)cc23)s1. The number of pyridine rings is 2. The highest BCUT2D eigenvalue weighted by molar-refractivity contribution is 7.17. The molecule has 0 saturated heterocycles. The molecule has 1 amide bonds. The number of hydrogen-bond donors (Lipinski definition) is 3. The van der Waals surface area contributed by atoms with E-state index in [2.05, 4.69) is 37.6 Å². The zero-order chi connectivity index (χ0) is 25.8. The van der Waals surface area contributed by atoms with E-state index in [1.807, 2.05) is 42.5 Å². The Bertz CT molecular complexity index is 1880. The van der Waals surface area contributed by atoms with Gasteiger partial charge in [-0.1, -0.05) is 12.1 Å². The van der Waals surface area contributed by atoms with Gasteiger partial charge < -0.3 is 10.3 Å². The summed E-state index contributed by atoms with van der Waals surface area (Å²) in [4.78, 5) is 38.5. The number of rotatable bonds is 6. The van der Waals surface area contributed by atoms with Crippen LogP contribution in [0.25, 0.3) is 55.0 Å². The largest absolute Gasteiger partial charge is 0.353 e. The molecule has 3 N–H and O–H groups in total. The van der Waals surface area contributed by atoms with Crippen LogP contribution in [-0.2, 0) is 4.79 Å². The van der Waals surface area contributed by atoms with Crippen LogP contribution in [0.2, 0.25) is 0 Å². The number of nitrogens with zero attached hydrogens (tertiary/aromatic N) is 3. The number of thiophene rings is 1. The first-order valence-electron chi connectivity index (χ1n) is 12.4. The second kappa shape index (κ2) is 8.74. The molecule has 8 nitrogen and oxygen atoms in total. The average molecular weight is 519 g/mol. The number of nitrogens with one attached hydrogen (secondary N) is 3. The summed E-state index contributed by atoms with van der Waals surface area (Å²) in [6.07, 6.45) is 5.29. The number of carbonyl (C=O) groups excluding carboxylic acids is 2. The molecule has 1 aliphatic rings. The summed E-state index contributed by atoms with van der Waals surface area (Å²) in [5.41, 5.74) is 7.36. The van der Waals surface area contributed by atoms with Crippen LogP contribution in [-0.4, -0.2) is 36.8 Å². The van der Waals surface area contributed by atoms with Crippen molar-refractivity contribution >= 4 is 50.7 Å². The van der Waals surface area contributed by atoms with Crippen LogP contribution < -0.4 is 5.32 Å². The number of carbonyl (C=O) groups is 2. The van der Waals surface area contributed by atoms with Gasteiger partial charge in [-0.3, -0.25) is 19.7 Å². The second-order valence-electron chi connectivity index (χ2n) is 9.56. The lowest BCUT2D eigenvalue weighted by atomic mass is 10.1. The molecule has 0 radical (unpaired) electrons. The second-order valence-corrected chi connectivity index (χ2v) is 10.6. The first-order chi connectivity index (χ1) is 18.5. The van der Waals surface area contributed by atoms with Crippen molar-refractivity contribution in [2.75, 3.05) is 5.32 Å². The number of hydrogen-bond acceptors (Lipinski definition) is 6. The van der Waals surface area contributed by atoms with E-state index in [-0.39, 0.29) is 17.6 Å². The third-order valence-corrected chi connectivity index (χ3v) is 8.01. The van der Waals surface area contributed by atoms with Crippen LogP contribution in [0, 0.1) is 5.92 Å². The van der Waals surface area contributed by atoms with Crippen molar-refractivity contribution < 1.29 is 9.59 Å². The monoisotopic (exact) mass is 518 g/mol. The summed E-state index contributed by atoms with van der Waals surface area (Å²) in [6.45, 7) is 1.59. The van der Waals surface area contributed by atoms with Gasteiger partial charge in [0.15, 0.2) is 5.78 Å². The highest BCUT2D eigenvalue weighted by Crippen LogP contribution is 2.37. The van der Waals surface area contributed by atoms with Crippen molar-refractivity contribution in [1.29, 1.82) is 0 Å². The third-order valence-electron chi connectivity index (χ3n) is 6.80. The molecule has 1 fully saturated rings. The average Bonchev–Trinajstić information content (AvgIpc) is 3.32. The molecule has 7 rings (SSSR count). The van der Waals surface area contributed by atoms with Crippen LogP contribution in [0.3, 0.4) is 0 Å². The summed E-state index contributed by atoms with van der Waals surface area (Å²) in [5, 5.41) is 11.7. The molecule has 0 bridgehead atoms. The van der Waals surface area contributed by atoms with Crippen molar-refractivity contribution in [2.45, 2.75) is 19.8 Å². The zero-order valence-corrected chi connectivity index (χ0v) is 21.2. The molecule has 0 spiro atoms. The topological polar surface area (TPSA) is 116 Å². The lowest BCUT2D eigenvalue weighted by molar-refractivity contribution is -0.117. The Balaban J connectivity index is 1.27. The lowest BCUT2D eigenvalue weighted by Crippen LogP contribution is -2.13. The van der Waals surface area contributed by atoms with Crippen LogP contribution in [0.15, 0.2) is 67.0 Å². The minimum absolute atomic E-state index is 0.0442. The van der Waals surface area contributed by atoms with Gasteiger partial charge in [-0.2, -0.15) is 5.10 Å². The van der Waals surface area contributed by atoms with E-state index in [0.29, 0.717) is 11.4 Å². The Kier molecular flexibility index (Phi) is 5.19. The predicted molar refractivity (Wildman–Crippen MR) is 149 cm³/mol. The molecule has 5 heterocycles. The molecule has 9 heteroatoms. The fourth-order valence-electron chi connectivity index (χ4n) is 4.66. The summed E-state index contributed by atoms with van der Waals surface area (Å²) in [6, 6.07) is 17.8. The van der Waals surface area contributed by atoms with E-state index in [0.717, 1.165) is 67.0 Å². The molecule has 5 aromatic heterocycles. The van der Waals surface area contributed by atoms with E-state index >= 15 is 0 Å². The van der Waals surface area contributed by atoms with Crippen molar-refractivity contribution in [3.8, 4) is 33.1 Å². The minimum atomic E-state index is 0.0442. The number of aromatic nitrogens is 5. The standard InChI is InChI=1S/C29H22N6O2S/c1-15(36)25-9-10-26(38-25)19-3-2-4-22-20(19)12-24(32-22)28-27-23(34-35-28)8-7-21(33-27)17-11-18(14-30-13-17)31-29(37)16-5-6-16/h2-4,7-14,16,32H,5-6H2,1H3,(H,31,37)(H,34,35). The van der Waals surface area contributed by atoms with Crippen molar-refractivity contribution in [3.63, 3.8) is 0 Å². The van der Waals surface area contributed by atoms with E-state index in [1.54, 1.807) is 19.3 Å². The lowest BCUT2D eigenvalue weighted by Gasteiger charge is -2.06. The molecular weight excluding hydrogens is 496 g/mol. The molecule has 186 valence electrons. The fourth-order valence-corrected chi connectivity index (χ4v) is 5.60. The Labute approximate surface area is 221 Å². The first-order valence-corrected chi connectivity index (χ1v) is 13.2. The maximum atomic E-state index is 12.2. The number of ketones is 1. The highest BCUT2D eigenvalue weighted by atomic mass is 32.1. The molecule has 1 saturated carbocycles. The summed E-state index contributed by atoms with van der Waals surface area (Å²) < 4.78 is 0. The fraction of sp³-hybridized carbons (Fsp3) is 0.138. The highest BCUT2D eigenvalue weighted by Gasteiger charge is 2.29. The van der Waals surface area contributed by atoms with Gasteiger partial charge >= 0.3 is 0 Å². The third kappa shape index (κ3) is 3.97. The van der Waals surface area contributed by atoms with Crippen LogP contribution in [0.5, 0.6) is 0 Å². The van der Waals surface area contributed by atoms with E-state index in [9.17, 15) is 9.59 Å². The number of H-pyrrole nitrogens is 2. The summed E-state index contributed by atoms with van der Waals surface area (Å²) in [5.74, 6) is 0.233. The first kappa shape index (κ1) is 22.6. The van der Waals surface area contributed by atoms with Gasteiger partial charge in [0.05, 0.1) is 33.7 Å². The number of benzene rings is 1. The predicted octanol–water partition coefficient (Wildman–Crippen LogP) is 6.45. The van der Waals surface area contributed by atoms with Gasteiger partial charge in [0.2, 0.25) is 5.91 Å². The van der Waals surface area contributed by atoms with Crippen molar-refractivity contribution in [2.24, 2.45) is 5.92 Å². The molecule has 0 aliphatic heterocycles. The minimum Gasteiger partial charge on any atom is -0.353 e. The van der Waals surface area contributed by atoms with Gasteiger partial charge in [0, 0.05) is 39.0 Å². The van der Waals surface area contributed by atoms with Crippen molar-refractivity contribution in [3.05, 3.63) is 71.9 Å². The van der Waals surface area contributed by atoms with Gasteiger partial charge in [-0.15, -0.1) is 11.3 Å². The van der Waals surface area contributed by atoms with E-state index < -0.39 is 0 Å². The molecule has 0 unspecified atom stereocenters. The molecular formula is C29H22N6O2S. The maximum Gasteiger partial charge on any atom is 0.227 e. The Morgan fingerprint density at radius 3 is 2.74 bits per heavy atom. The number of amides is 1. The Morgan fingerprint density at radius 1 is 1.03 bits per heavy atom. The van der Waals surface area contributed by atoms with Crippen LogP contribution in [0.1, 0.15) is 29.4 Å². The van der Waals surface area contributed by atoms with Crippen LogP contribution in [0.4, 0.5) is 5.69 Å². The maximum absolute atomic E-state index is 12.2. The smallest absolute Gasteiger partial charge is 0.227 e. The number of Topliss-reactive ketones (excluding diaryl/α,β-unsaturated/α-hetero) is 1. The van der Waals surface area contributed by atoms with Crippen molar-refractivity contribution in [1.82, 2.24) is 25.1 Å². The number of aromatic amines is 2. The molecule has 1 aliphatic carbocycles. The van der Waals surface area contributed by atoms with Crippen LogP contribution >= 0.6 is 11.3 Å².